The number of nitrogens with two attached hydrogens (primary N) is 1. The lowest BCUT2D eigenvalue weighted by atomic mass is 10.1. The average molecular weight is 398 g/mol. The van der Waals surface area contributed by atoms with E-state index in [1.165, 1.54) is 6.07 Å². The zero-order chi connectivity index (χ0) is 18.4. The van der Waals surface area contributed by atoms with E-state index in [1.54, 1.807) is 18.2 Å². The third kappa shape index (κ3) is 4.89. The van der Waals surface area contributed by atoms with Crippen molar-refractivity contribution in [1.82, 2.24) is 0 Å². The smallest absolute Gasteiger partial charge is 0.165 e. The van der Waals surface area contributed by atoms with Crippen molar-refractivity contribution >= 4 is 47.1 Å². The molecule has 0 aliphatic carbocycles. The van der Waals surface area contributed by atoms with Crippen molar-refractivity contribution in [3.05, 3.63) is 69.3 Å². The van der Waals surface area contributed by atoms with Crippen molar-refractivity contribution in [2.45, 2.75) is 4.90 Å². The first kappa shape index (κ1) is 19.1. The molecular weight excluding hydrogens is 387 g/mol. The van der Waals surface area contributed by atoms with Crippen LogP contribution in [0.2, 0.25) is 10.0 Å². The highest BCUT2D eigenvalue weighted by Gasteiger charge is 2.13. The molecule has 25 heavy (non-hydrogen) atoms. The van der Waals surface area contributed by atoms with Gasteiger partial charge in [-0.15, -0.1) is 0 Å². The van der Waals surface area contributed by atoms with Crippen LogP contribution in [0.5, 0.6) is 0 Å². The first-order valence-corrected chi connectivity index (χ1v) is 8.33. The Labute approximate surface area is 157 Å². The zero-order valence-electron chi connectivity index (χ0n) is 12.5. The lowest BCUT2D eigenvalue weighted by molar-refractivity contribution is 0.580. The van der Waals surface area contributed by atoms with Gasteiger partial charge in [-0.25, -0.2) is 8.78 Å². The van der Waals surface area contributed by atoms with Crippen LogP contribution in [0, 0.1) is 28.9 Å². The summed E-state index contributed by atoms with van der Waals surface area (Å²) < 4.78 is 31.1. The molecule has 0 saturated carbocycles. The second-order valence-electron chi connectivity index (χ2n) is 4.58. The molecule has 0 spiro atoms. The van der Waals surface area contributed by atoms with Crippen molar-refractivity contribution in [3.8, 4) is 11.8 Å². The highest BCUT2D eigenvalue weighted by Crippen LogP contribution is 2.32. The van der Waals surface area contributed by atoms with Crippen LogP contribution >= 0.6 is 35.1 Å². The van der Waals surface area contributed by atoms with E-state index in [4.69, 9.17) is 34.3 Å². The maximum Gasteiger partial charge on any atom is 0.165 e. The van der Waals surface area contributed by atoms with Crippen LogP contribution in [-0.4, -0.2) is 6.21 Å². The molecule has 2 rings (SSSR count). The van der Waals surface area contributed by atoms with Gasteiger partial charge in [-0.05, 0) is 42.3 Å². The lowest BCUT2D eigenvalue weighted by Gasteiger charge is -2.09. The van der Waals surface area contributed by atoms with Gasteiger partial charge in [-0.2, -0.15) is 0 Å². The minimum atomic E-state index is -0.862. The second kappa shape index (κ2) is 8.77. The van der Waals surface area contributed by atoms with Gasteiger partial charge in [0.15, 0.2) is 5.82 Å². The van der Waals surface area contributed by atoms with Crippen molar-refractivity contribution in [1.29, 1.82) is 5.41 Å². The Kier molecular flexibility index (Phi) is 6.71. The molecular formula is C17H11Cl2F2N3S. The maximum absolute atomic E-state index is 14.5. The number of hydrogen-bond acceptors (Lipinski definition) is 4. The summed E-state index contributed by atoms with van der Waals surface area (Å²) in [4.78, 5) is 0.586. The third-order valence-corrected chi connectivity index (χ3v) is 4.48. The largest absolute Gasteiger partial charge is 0.404 e. The minimum Gasteiger partial charge on any atom is -0.404 e. The summed E-state index contributed by atoms with van der Waals surface area (Å²) in [5.74, 6) is 3.09. The summed E-state index contributed by atoms with van der Waals surface area (Å²) in [6, 6.07) is 7.20. The van der Waals surface area contributed by atoms with Crippen LogP contribution < -0.4 is 10.5 Å². The molecule has 0 aliphatic heterocycles. The number of nitrogens with one attached hydrogen (secondary N) is 2. The van der Waals surface area contributed by atoms with Crippen LogP contribution in [0.25, 0.3) is 0 Å². The Hall–Kier alpha value is -2.20. The fraction of sp³-hybridized carbons (Fsp3) is 0. The monoisotopic (exact) mass is 397 g/mol. The van der Waals surface area contributed by atoms with E-state index in [1.807, 2.05) is 0 Å². The molecule has 0 fully saturated rings. The second-order valence-corrected chi connectivity index (χ2v) is 6.27. The first-order chi connectivity index (χ1) is 12.0. The van der Waals surface area contributed by atoms with E-state index in [-0.39, 0.29) is 11.3 Å². The van der Waals surface area contributed by atoms with Gasteiger partial charge >= 0.3 is 0 Å². The molecule has 0 amide bonds. The fourth-order valence-electron chi connectivity index (χ4n) is 1.67. The van der Waals surface area contributed by atoms with Gasteiger partial charge in [-0.1, -0.05) is 35.0 Å². The topological polar surface area (TPSA) is 61.9 Å². The Morgan fingerprint density at radius 3 is 2.68 bits per heavy atom. The Morgan fingerprint density at radius 2 is 2.00 bits per heavy atom. The molecule has 0 unspecified atom stereocenters. The number of benzene rings is 2. The van der Waals surface area contributed by atoms with E-state index in [9.17, 15) is 8.78 Å². The van der Waals surface area contributed by atoms with Crippen molar-refractivity contribution in [3.63, 3.8) is 0 Å². The Balaban J connectivity index is 2.29. The standard InChI is InChI=1S/C17H11Cl2F2N3S/c18-11-2-4-13(19)16(7-11)25-24-15-6-5-14(20)12(17(15)21)3-1-10(8-22)9-23/h2,4-9,22,24H,23H2. The average Bonchev–Trinajstić information content (AvgIpc) is 2.60. The molecule has 0 saturated heterocycles. The summed E-state index contributed by atoms with van der Waals surface area (Å²) in [5.41, 5.74) is 4.99. The fourth-order valence-corrected chi connectivity index (χ4v) is 2.87. The molecule has 4 N–H and O–H groups in total. The summed E-state index contributed by atoms with van der Waals surface area (Å²) in [6.07, 6.45) is 1.97. The van der Waals surface area contributed by atoms with E-state index in [0.717, 1.165) is 30.4 Å². The van der Waals surface area contributed by atoms with Gasteiger partial charge in [0.1, 0.15) is 5.82 Å². The molecule has 0 bridgehead atoms. The van der Waals surface area contributed by atoms with Crippen LogP contribution in [-0.2, 0) is 0 Å². The number of allylic oxidation sites excluding steroid dienone is 1. The van der Waals surface area contributed by atoms with Gasteiger partial charge in [0.05, 0.1) is 21.8 Å². The molecule has 8 heteroatoms. The summed E-state index contributed by atoms with van der Waals surface area (Å²) in [7, 11) is 0. The molecule has 2 aromatic carbocycles. The molecule has 0 heterocycles. The van der Waals surface area contributed by atoms with Crippen molar-refractivity contribution < 1.29 is 8.78 Å². The molecule has 2 aromatic rings. The predicted molar refractivity (Wildman–Crippen MR) is 100 cm³/mol. The Bertz CT molecular complexity index is 905. The number of hydrogen-bond donors (Lipinski definition) is 3. The van der Waals surface area contributed by atoms with Crippen molar-refractivity contribution in [2.24, 2.45) is 5.73 Å². The number of halogens is 4. The normalized spacial score (nSPS) is 10.8. The molecule has 0 aliphatic rings. The van der Waals surface area contributed by atoms with Gasteiger partial charge in [0, 0.05) is 22.3 Å². The highest BCUT2D eigenvalue weighted by atomic mass is 35.5. The van der Waals surface area contributed by atoms with Gasteiger partial charge in [0.25, 0.3) is 0 Å². The van der Waals surface area contributed by atoms with E-state index < -0.39 is 17.2 Å². The highest BCUT2D eigenvalue weighted by molar-refractivity contribution is 8.00. The quantitative estimate of drug-likeness (QED) is 0.375. The number of anilines is 1. The molecule has 3 nitrogen and oxygen atoms in total. The SMILES string of the molecule is N=CC(C#Cc1c(F)ccc(NSc2cc(Cl)ccc2Cl)c1F)=CN. The van der Waals surface area contributed by atoms with Gasteiger partial charge < -0.3 is 15.9 Å². The summed E-state index contributed by atoms with van der Waals surface area (Å²) in [6.45, 7) is 0. The van der Waals surface area contributed by atoms with Gasteiger partial charge in [-0.3, -0.25) is 0 Å². The minimum absolute atomic E-state index is 0.0277. The zero-order valence-corrected chi connectivity index (χ0v) is 14.9. The maximum atomic E-state index is 14.5. The predicted octanol–water partition coefficient (Wildman–Crippen LogP) is 5.23. The molecule has 0 aromatic heterocycles. The molecule has 0 atom stereocenters. The van der Waals surface area contributed by atoms with E-state index >= 15 is 0 Å². The van der Waals surface area contributed by atoms with Gasteiger partial charge in [0.2, 0.25) is 0 Å². The molecule has 0 radical (unpaired) electrons. The van der Waals surface area contributed by atoms with Crippen LogP contribution in [0.4, 0.5) is 14.5 Å². The first-order valence-electron chi connectivity index (χ1n) is 6.76. The number of rotatable bonds is 4. The summed E-state index contributed by atoms with van der Waals surface area (Å²) in [5, 5.41) is 7.99. The van der Waals surface area contributed by atoms with Crippen LogP contribution in [0.3, 0.4) is 0 Å². The summed E-state index contributed by atoms with van der Waals surface area (Å²) >= 11 is 13.0. The molecule has 128 valence electrons. The van der Waals surface area contributed by atoms with Crippen molar-refractivity contribution in [2.75, 3.05) is 4.72 Å². The van der Waals surface area contributed by atoms with E-state index in [0.29, 0.717) is 14.9 Å². The lowest BCUT2D eigenvalue weighted by Crippen LogP contribution is -1.98. The van der Waals surface area contributed by atoms with Crippen LogP contribution in [0.1, 0.15) is 5.56 Å². The third-order valence-electron chi connectivity index (χ3n) is 2.92. The van der Waals surface area contributed by atoms with Crippen LogP contribution in [0.15, 0.2) is 47.0 Å². The Morgan fingerprint density at radius 1 is 1.24 bits per heavy atom. The van der Waals surface area contributed by atoms with E-state index in [2.05, 4.69) is 16.6 Å².